The SMILES string of the molecule is NCCNC(=O)c1ccc(CN)cc1. The van der Waals surface area contributed by atoms with Gasteiger partial charge in [-0.3, -0.25) is 4.79 Å². The molecular formula is C10H15N3O. The number of hydrogen-bond donors (Lipinski definition) is 3. The average molecular weight is 193 g/mol. The van der Waals surface area contributed by atoms with E-state index < -0.39 is 0 Å². The molecule has 0 saturated carbocycles. The number of hydrogen-bond acceptors (Lipinski definition) is 3. The van der Waals surface area contributed by atoms with E-state index >= 15 is 0 Å². The van der Waals surface area contributed by atoms with Gasteiger partial charge in [-0.15, -0.1) is 0 Å². The Balaban J connectivity index is 2.62. The zero-order chi connectivity index (χ0) is 10.4. The van der Waals surface area contributed by atoms with Crippen molar-refractivity contribution in [3.63, 3.8) is 0 Å². The van der Waals surface area contributed by atoms with Gasteiger partial charge in [-0.1, -0.05) is 12.1 Å². The van der Waals surface area contributed by atoms with Crippen molar-refractivity contribution < 1.29 is 4.79 Å². The van der Waals surface area contributed by atoms with Crippen LogP contribution in [0.5, 0.6) is 0 Å². The first-order valence-electron chi connectivity index (χ1n) is 4.55. The van der Waals surface area contributed by atoms with E-state index in [2.05, 4.69) is 5.32 Å². The van der Waals surface area contributed by atoms with E-state index in [0.29, 0.717) is 25.2 Å². The standard InChI is InChI=1S/C10H15N3O/c11-5-6-13-10(14)9-3-1-8(7-12)2-4-9/h1-4H,5-7,11-12H2,(H,13,14). The molecule has 5 N–H and O–H groups in total. The molecule has 0 atom stereocenters. The highest BCUT2D eigenvalue weighted by Crippen LogP contribution is 2.03. The van der Waals surface area contributed by atoms with Crippen molar-refractivity contribution in [2.75, 3.05) is 13.1 Å². The molecule has 0 spiro atoms. The van der Waals surface area contributed by atoms with Crippen molar-refractivity contribution in [2.45, 2.75) is 6.54 Å². The molecule has 0 unspecified atom stereocenters. The minimum Gasteiger partial charge on any atom is -0.351 e. The summed E-state index contributed by atoms with van der Waals surface area (Å²) in [6, 6.07) is 7.21. The normalized spacial score (nSPS) is 9.86. The van der Waals surface area contributed by atoms with Crippen LogP contribution in [0.15, 0.2) is 24.3 Å². The van der Waals surface area contributed by atoms with Crippen LogP contribution < -0.4 is 16.8 Å². The molecule has 4 heteroatoms. The maximum absolute atomic E-state index is 11.4. The van der Waals surface area contributed by atoms with Gasteiger partial charge < -0.3 is 16.8 Å². The molecule has 0 aliphatic heterocycles. The molecule has 76 valence electrons. The molecule has 14 heavy (non-hydrogen) atoms. The second-order valence-electron chi connectivity index (χ2n) is 2.95. The third-order valence-corrected chi connectivity index (χ3v) is 1.88. The zero-order valence-corrected chi connectivity index (χ0v) is 7.99. The van der Waals surface area contributed by atoms with Crippen molar-refractivity contribution in [1.82, 2.24) is 5.32 Å². The molecule has 4 nitrogen and oxygen atoms in total. The highest BCUT2D eigenvalue weighted by atomic mass is 16.1. The summed E-state index contributed by atoms with van der Waals surface area (Å²) in [5.74, 6) is -0.0981. The lowest BCUT2D eigenvalue weighted by atomic mass is 10.1. The van der Waals surface area contributed by atoms with E-state index in [-0.39, 0.29) is 5.91 Å². The van der Waals surface area contributed by atoms with Crippen LogP contribution in [-0.4, -0.2) is 19.0 Å². The summed E-state index contributed by atoms with van der Waals surface area (Å²) in [6.45, 7) is 1.44. The van der Waals surface area contributed by atoms with Crippen LogP contribution in [0.2, 0.25) is 0 Å². The Bertz CT molecular complexity index is 295. The maximum atomic E-state index is 11.4. The second kappa shape index (κ2) is 5.36. The van der Waals surface area contributed by atoms with Crippen LogP contribution >= 0.6 is 0 Å². The van der Waals surface area contributed by atoms with Crippen LogP contribution in [0.4, 0.5) is 0 Å². The van der Waals surface area contributed by atoms with Gasteiger partial charge in [0.05, 0.1) is 0 Å². The first-order chi connectivity index (χ1) is 6.77. The van der Waals surface area contributed by atoms with Gasteiger partial charge in [0.15, 0.2) is 0 Å². The molecule has 1 rings (SSSR count). The lowest BCUT2D eigenvalue weighted by Crippen LogP contribution is -2.28. The average Bonchev–Trinajstić information content (AvgIpc) is 2.26. The predicted octanol–water partition coefficient (Wildman–Crippen LogP) is -0.166. The van der Waals surface area contributed by atoms with E-state index in [0.717, 1.165) is 5.56 Å². The minimum absolute atomic E-state index is 0.0981. The Morgan fingerprint density at radius 2 is 1.86 bits per heavy atom. The first kappa shape index (κ1) is 10.7. The van der Waals surface area contributed by atoms with Gasteiger partial charge in [0, 0.05) is 25.2 Å². The highest BCUT2D eigenvalue weighted by Gasteiger charge is 2.02. The molecule has 0 heterocycles. The highest BCUT2D eigenvalue weighted by molar-refractivity contribution is 5.94. The van der Waals surface area contributed by atoms with Gasteiger partial charge in [-0.25, -0.2) is 0 Å². The summed E-state index contributed by atoms with van der Waals surface area (Å²) in [7, 11) is 0. The van der Waals surface area contributed by atoms with E-state index in [1.807, 2.05) is 12.1 Å². The van der Waals surface area contributed by atoms with E-state index in [4.69, 9.17) is 11.5 Å². The molecule has 0 radical (unpaired) electrons. The first-order valence-corrected chi connectivity index (χ1v) is 4.55. The fraction of sp³-hybridized carbons (Fsp3) is 0.300. The Kier molecular flexibility index (Phi) is 4.10. The number of nitrogens with one attached hydrogen (secondary N) is 1. The number of carbonyl (C=O) groups excluding carboxylic acids is 1. The second-order valence-corrected chi connectivity index (χ2v) is 2.95. The predicted molar refractivity (Wildman–Crippen MR) is 55.7 cm³/mol. The Morgan fingerprint density at radius 1 is 1.21 bits per heavy atom. The van der Waals surface area contributed by atoms with E-state index in [1.165, 1.54) is 0 Å². The largest absolute Gasteiger partial charge is 0.351 e. The molecule has 0 bridgehead atoms. The van der Waals surface area contributed by atoms with Crippen molar-refractivity contribution in [1.29, 1.82) is 0 Å². The van der Waals surface area contributed by atoms with E-state index in [9.17, 15) is 4.79 Å². The smallest absolute Gasteiger partial charge is 0.251 e. The Hall–Kier alpha value is -1.39. The number of benzene rings is 1. The lowest BCUT2D eigenvalue weighted by Gasteiger charge is -2.03. The summed E-state index contributed by atoms with van der Waals surface area (Å²) in [5.41, 5.74) is 12.4. The fourth-order valence-corrected chi connectivity index (χ4v) is 1.08. The molecule has 1 aromatic rings. The molecule has 1 aromatic carbocycles. The molecule has 0 fully saturated rings. The third kappa shape index (κ3) is 2.83. The van der Waals surface area contributed by atoms with Gasteiger partial charge in [-0.2, -0.15) is 0 Å². The Morgan fingerprint density at radius 3 is 2.36 bits per heavy atom. The lowest BCUT2D eigenvalue weighted by molar-refractivity contribution is 0.0955. The van der Waals surface area contributed by atoms with Crippen LogP contribution in [0.3, 0.4) is 0 Å². The zero-order valence-electron chi connectivity index (χ0n) is 7.99. The van der Waals surface area contributed by atoms with Crippen LogP contribution in [0, 0.1) is 0 Å². The molecule has 0 aromatic heterocycles. The molecule has 1 amide bonds. The van der Waals surface area contributed by atoms with Crippen LogP contribution in [0.1, 0.15) is 15.9 Å². The minimum atomic E-state index is -0.0981. The Labute approximate surface area is 83.3 Å². The third-order valence-electron chi connectivity index (χ3n) is 1.88. The molecular weight excluding hydrogens is 178 g/mol. The van der Waals surface area contributed by atoms with Gasteiger partial charge in [-0.05, 0) is 17.7 Å². The van der Waals surface area contributed by atoms with Crippen LogP contribution in [-0.2, 0) is 6.54 Å². The van der Waals surface area contributed by atoms with Crippen molar-refractivity contribution in [3.8, 4) is 0 Å². The number of nitrogens with two attached hydrogens (primary N) is 2. The molecule has 0 aliphatic carbocycles. The van der Waals surface area contributed by atoms with Gasteiger partial charge >= 0.3 is 0 Å². The van der Waals surface area contributed by atoms with Crippen molar-refractivity contribution in [3.05, 3.63) is 35.4 Å². The number of rotatable bonds is 4. The molecule has 0 saturated heterocycles. The van der Waals surface area contributed by atoms with Gasteiger partial charge in [0.2, 0.25) is 0 Å². The summed E-state index contributed by atoms with van der Waals surface area (Å²) in [4.78, 5) is 11.4. The van der Waals surface area contributed by atoms with Crippen molar-refractivity contribution >= 4 is 5.91 Å². The maximum Gasteiger partial charge on any atom is 0.251 e. The monoisotopic (exact) mass is 193 g/mol. The topological polar surface area (TPSA) is 81.1 Å². The number of carbonyl (C=O) groups is 1. The van der Waals surface area contributed by atoms with Crippen LogP contribution in [0.25, 0.3) is 0 Å². The number of amides is 1. The summed E-state index contributed by atoms with van der Waals surface area (Å²) in [5, 5.41) is 2.69. The van der Waals surface area contributed by atoms with Gasteiger partial charge in [0.25, 0.3) is 5.91 Å². The van der Waals surface area contributed by atoms with E-state index in [1.54, 1.807) is 12.1 Å². The summed E-state index contributed by atoms with van der Waals surface area (Å²) in [6.07, 6.45) is 0. The fourth-order valence-electron chi connectivity index (χ4n) is 1.08. The van der Waals surface area contributed by atoms with Gasteiger partial charge in [0.1, 0.15) is 0 Å². The quantitative estimate of drug-likeness (QED) is 0.621. The molecule has 0 aliphatic rings. The summed E-state index contributed by atoms with van der Waals surface area (Å²) >= 11 is 0. The summed E-state index contributed by atoms with van der Waals surface area (Å²) < 4.78 is 0. The van der Waals surface area contributed by atoms with Crippen molar-refractivity contribution in [2.24, 2.45) is 11.5 Å².